The van der Waals surface area contributed by atoms with E-state index in [0.717, 1.165) is 10.5 Å². The first-order valence-corrected chi connectivity index (χ1v) is 8.82. The van der Waals surface area contributed by atoms with Crippen LogP contribution in [-0.4, -0.2) is 35.4 Å². The summed E-state index contributed by atoms with van der Waals surface area (Å²) >= 11 is 0. The van der Waals surface area contributed by atoms with Crippen LogP contribution in [0, 0.1) is 10.1 Å². The van der Waals surface area contributed by atoms with Gasteiger partial charge in [0.2, 0.25) is 0 Å². The van der Waals surface area contributed by atoms with E-state index in [-0.39, 0.29) is 41.6 Å². The van der Waals surface area contributed by atoms with Gasteiger partial charge in [-0.2, -0.15) is 0 Å². The van der Waals surface area contributed by atoms with Crippen molar-refractivity contribution in [3.05, 3.63) is 69.4 Å². The van der Waals surface area contributed by atoms with Crippen molar-refractivity contribution >= 4 is 23.7 Å². The second-order valence-corrected chi connectivity index (χ2v) is 6.13. The number of imide groups is 1. The summed E-state index contributed by atoms with van der Waals surface area (Å²) in [5, 5.41) is 14.0. The monoisotopic (exact) mass is 397 g/mol. The largest absolute Gasteiger partial charge is 0.493 e. The number of urea groups is 1. The van der Waals surface area contributed by atoms with Crippen LogP contribution < -0.4 is 14.8 Å². The summed E-state index contributed by atoms with van der Waals surface area (Å²) in [6.07, 6.45) is 1.26. The molecule has 0 bridgehead atoms. The third-order valence-electron chi connectivity index (χ3n) is 4.33. The highest BCUT2D eigenvalue weighted by molar-refractivity contribution is 6.14. The molecule has 2 aromatic carbocycles. The molecule has 0 aliphatic carbocycles. The number of ether oxygens (including phenoxy) is 2. The highest BCUT2D eigenvalue weighted by Gasteiger charge is 2.33. The molecule has 9 heteroatoms. The van der Waals surface area contributed by atoms with Crippen molar-refractivity contribution in [1.82, 2.24) is 10.2 Å². The predicted molar refractivity (Wildman–Crippen MR) is 104 cm³/mol. The summed E-state index contributed by atoms with van der Waals surface area (Å²) in [5.74, 6) is -0.0835. The summed E-state index contributed by atoms with van der Waals surface area (Å²) in [7, 11) is 1.41. The van der Waals surface area contributed by atoms with Crippen LogP contribution in [0.25, 0.3) is 6.08 Å². The maximum absolute atomic E-state index is 12.3. The molecule has 9 nitrogen and oxygen atoms in total. The Morgan fingerprint density at radius 1 is 1.17 bits per heavy atom. The van der Waals surface area contributed by atoms with E-state index in [1.807, 2.05) is 30.3 Å². The fourth-order valence-corrected chi connectivity index (χ4v) is 2.86. The van der Waals surface area contributed by atoms with Gasteiger partial charge in [-0.15, -0.1) is 0 Å². The van der Waals surface area contributed by atoms with Crippen LogP contribution in [0.1, 0.15) is 18.1 Å². The number of carbonyl (C=O) groups is 2. The Labute approximate surface area is 166 Å². The maximum Gasteiger partial charge on any atom is 0.328 e. The molecule has 1 aliphatic heterocycles. The van der Waals surface area contributed by atoms with Crippen LogP contribution in [0.3, 0.4) is 0 Å². The first-order chi connectivity index (χ1) is 13.9. The zero-order chi connectivity index (χ0) is 21.0. The van der Waals surface area contributed by atoms with Gasteiger partial charge in [-0.05, 0) is 24.6 Å². The average molecular weight is 397 g/mol. The summed E-state index contributed by atoms with van der Waals surface area (Å²) in [6.45, 7) is 2.05. The Bertz CT molecular complexity index is 987. The van der Waals surface area contributed by atoms with Gasteiger partial charge in [-0.1, -0.05) is 30.3 Å². The molecule has 2 aromatic rings. The standard InChI is InChI=1S/C20H19N3O6/c1-3-22-19(24)15(21-20(22)25)9-14-10-17(28-2)18(11-16(14)23(26)27)29-12-13-7-5-4-6-8-13/h4-11H,3,12H2,1-2H3,(H,21,25)/b15-9+. The highest BCUT2D eigenvalue weighted by atomic mass is 16.6. The van der Waals surface area contributed by atoms with E-state index in [1.165, 1.54) is 25.3 Å². The third-order valence-corrected chi connectivity index (χ3v) is 4.33. The van der Waals surface area contributed by atoms with Crippen LogP contribution in [0.2, 0.25) is 0 Å². The van der Waals surface area contributed by atoms with E-state index in [9.17, 15) is 19.7 Å². The summed E-state index contributed by atoms with van der Waals surface area (Å²) < 4.78 is 11.0. The fourth-order valence-electron chi connectivity index (χ4n) is 2.86. The molecule has 0 aromatic heterocycles. The Morgan fingerprint density at radius 3 is 2.48 bits per heavy atom. The number of hydrogen-bond donors (Lipinski definition) is 1. The van der Waals surface area contributed by atoms with Crippen LogP contribution in [0.5, 0.6) is 11.5 Å². The molecule has 0 saturated carbocycles. The Kier molecular flexibility index (Phi) is 5.77. The number of benzene rings is 2. The lowest BCUT2D eigenvalue weighted by Crippen LogP contribution is -2.30. The molecular formula is C20H19N3O6. The van der Waals surface area contributed by atoms with Gasteiger partial charge in [0, 0.05) is 6.54 Å². The van der Waals surface area contributed by atoms with Crippen LogP contribution in [0.4, 0.5) is 10.5 Å². The normalized spacial score (nSPS) is 14.8. The molecule has 3 amide bonds. The molecule has 1 fully saturated rings. The van der Waals surface area contributed by atoms with Crippen molar-refractivity contribution in [2.45, 2.75) is 13.5 Å². The zero-order valence-corrected chi connectivity index (χ0v) is 15.9. The number of carbonyl (C=O) groups excluding carboxylic acids is 2. The number of nitro benzene ring substituents is 1. The molecule has 0 atom stereocenters. The van der Waals surface area contributed by atoms with E-state index in [0.29, 0.717) is 0 Å². The number of hydrogen-bond acceptors (Lipinski definition) is 6. The molecule has 0 spiro atoms. The van der Waals surface area contributed by atoms with E-state index >= 15 is 0 Å². The lowest BCUT2D eigenvalue weighted by atomic mass is 10.1. The molecule has 3 rings (SSSR count). The molecule has 0 unspecified atom stereocenters. The van der Waals surface area contributed by atoms with E-state index in [4.69, 9.17) is 9.47 Å². The highest BCUT2D eigenvalue weighted by Crippen LogP contribution is 2.36. The summed E-state index contributed by atoms with van der Waals surface area (Å²) in [4.78, 5) is 36.1. The number of amides is 3. The number of methoxy groups -OCH3 is 1. The number of nitro groups is 1. The van der Waals surface area contributed by atoms with Gasteiger partial charge >= 0.3 is 6.03 Å². The summed E-state index contributed by atoms with van der Waals surface area (Å²) in [5.41, 5.74) is 0.682. The SMILES string of the molecule is CCN1C(=O)N/C(=C/c2cc(OC)c(OCc3ccccc3)cc2[N+](=O)[O-])C1=O. The lowest BCUT2D eigenvalue weighted by molar-refractivity contribution is -0.385. The molecular weight excluding hydrogens is 378 g/mol. The van der Waals surface area contributed by atoms with E-state index in [1.54, 1.807) is 6.92 Å². The van der Waals surface area contributed by atoms with Gasteiger partial charge in [0.25, 0.3) is 11.6 Å². The molecule has 1 aliphatic rings. The summed E-state index contributed by atoms with van der Waals surface area (Å²) in [6, 6.07) is 11.4. The van der Waals surface area contributed by atoms with Gasteiger partial charge in [0.1, 0.15) is 12.3 Å². The van der Waals surface area contributed by atoms with Crippen LogP contribution in [-0.2, 0) is 11.4 Å². The fraction of sp³-hybridized carbons (Fsp3) is 0.200. The number of rotatable bonds is 7. The number of nitrogens with one attached hydrogen (secondary N) is 1. The third kappa shape index (κ3) is 4.18. The average Bonchev–Trinajstić information content (AvgIpc) is 2.99. The first-order valence-electron chi connectivity index (χ1n) is 8.82. The first kappa shape index (κ1) is 19.9. The van der Waals surface area contributed by atoms with Gasteiger partial charge in [0.05, 0.1) is 23.7 Å². The van der Waals surface area contributed by atoms with Gasteiger partial charge < -0.3 is 14.8 Å². The maximum atomic E-state index is 12.3. The quantitative estimate of drug-likeness (QED) is 0.333. The van der Waals surface area contributed by atoms with E-state index < -0.39 is 16.9 Å². The van der Waals surface area contributed by atoms with Crippen molar-refractivity contribution in [2.75, 3.05) is 13.7 Å². The van der Waals surface area contributed by atoms with Crippen molar-refractivity contribution in [2.24, 2.45) is 0 Å². The van der Waals surface area contributed by atoms with Crippen molar-refractivity contribution in [1.29, 1.82) is 0 Å². The molecule has 1 N–H and O–H groups in total. The molecule has 0 radical (unpaired) electrons. The predicted octanol–water partition coefficient (Wildman–Crippen LogP) is 3.10. The van der Waals surface area contributed by atoms with E-state index in [2.05, 4.69) is 5.32 Å². The number of nitrogens with zero attached hydrogens (tertiary/aromatic N) is 2. The topological polar surface area (TPSA) is 111 Å². The second-order valence-electron chi connectivity index (χ2n) is 6.13. The minimum Gasteiger partial charge on any atom is -0.493 e. The minimum atomic E-state index is -0.583. The van der Waals surface area contributed by atoms with Crippen LogP contribution >= 0.6 is 0 Å². The van der Waals surface area contributed by atoms with Gasteiger partial charge in [-0.25, -0.2) is 4.79 Å². The Hall–Kier alpha value is -3.88. The molecule has 1 saturated heterocycles. The smallest absolute Gasteiger partial charge is 0.328 e. The molecule has 150 valence electrons. The van der Waals surface area contributed by atoms with Gasteiger partial charge in [0.15, 0.2) is 11.5 Å². The van der Waals surface area contributed by atoms with Crippen molar-refractivity contribution in [3.8, 4) is 11.5 Å². The molecule has 29 heavy (non-hydrogen) atoms. The Morgan fingerprint density at radius 2 is 1.90 bits per heavy atom. The second kappa shape index (κ2) is 8.42. The lowest BCUT2D eigenvalue weighted by Gasteiger charge is -2.12. The zero-order valence-electron chi connectivity index (χ0n) is 15.9. The van der Waals surface area contributed by atoms with Crippen LogP contribution in [0.15, 0.2) is 48.2 Å². The Balaban J connectivity index is 1.96. The van der Waals surface area contributed by atoms with Crippen molar-refractivity contribution in [3.63, 3.8) is 0 Å². The minimum absolute atomic E-state index is 0.0417. The molecule has 1 heterocycles. The number of likely N-dealkylation sites (N-methyl/N-ethyl adjacent to an activating group) is 1. The van der Waals surface area contributed by atoms with Crippen molar-refractivity contribution < 1.29 is 24.0 Å². The van der Waals surface area contributed by atoms with Gasteiger partial charge in [-0.3, -0.25) is 19.8 Å².